The van der Waals surface area contributed by atoms with E-state index in [1.165, 1.54) is 35.0 Å². The van der Waals surface area contributed by atoms with Crippen LogP contribution in [0.5, 0.6) is 0 Å². The van der Waals surface area contributed by atoms with E-state index in [1.807, 2.05) is 0 Å². The summed E-state index contributed by atoms with van der Waals surface area (Å²) in [6.07, 6.45) is -3.16. The van der Waals surface area contributed by atoms with Gasteiger partial charge < -0.3 is 23.7 Å². The molecule has 0 saturated heterocycles. The van der Waals surface area contributed by atoms with Gasteiger partial charge in [0.2, 0.25) is 0 Å². The van der Waals surface area contributed by atoms with E-state index < -0.39 is 42.3 Å². The molecule has 128 valence electrons. The fourth-order valence-electron chi connectivity index (χ4n) is 1.96. The molecule has 0 aliphatic rings. The predicted octanol–water partition coefficient (Wildman–Crippen LogP) is 0.463. The zero-order valence-electron chi connectivity index (χ0n) is 13.8. The Morgan fingerprint density at radius 2 is 1.36 bits per heavy atom. The predicted molar refractivity (Wildman–Crippen MR) is 75.0 cm³/mol. The summed E-state index contributed by atoms with van der Waals surface area (Å²) in [5, 5.41) is 0. The molecule has 0 unspecified atom stereocenters. The van der Waals surface area contributed by atoms with Crippen molar-refractivity contribution in [1.82, 2.24) is 0 Å². The molecule has 0 aliphatic heterocycles. The van der Waals surface area contributed by atoms with Gasteiger partial charge in [-0.1, -0.05) is 0 Å². The fourth-order valence-corrected chi connectivity index (χ4v) is 1.96. The number of ether oxygens (including phenoxy) is 5. The van der Waals surface area contributed by atoms with E-state index in [0.29, 0.717) is 0 Å². The first-order valence-corrected chi connectivity index (χ1v) is 6.76. The van der Waals surface area contributed by atoms with Crippen LogP contribution in [0.1, 0.15) is 27.7 Å². The van der Waals surface area contributed by atoms with Crippen LogP contribution in [0.25, 0.3) is 0 Å². The lowest BCUT2D eigenvalue weighted by Gasteiger charge is -2.33. The maximum Gasteiger partial charge on any atom is 0.303 e. The topological polar surface area (TPSA) is 97.4 Å². The minimum atomic E-state index is -0.916. The van der Waals surface area contributed by atoms with Crippen molar-refractivity contribution in [2.24, 2.45) is 0 Å². The monoisotopic (exact) mass is 320 g/mol. The van der Waals surface area contributed by atoms with E-state index >= 15 is 0 Å². The van der Waals surface area contributed by atoms with E-state index in [1.54, 1.807) is 6.92 Å². The molecular weight excluding hydrogens is 296 g/mol. The van der Waals surface area contributed by atoms with Crippen molar-refractivity contribution < 1.29 is 38.1 Å². The summed E-state index contributed by atoms with van der Waals surface area (Å²) in [4.78, 5) is 33.4. The Morgan fingerprint density at radius 3 is 1.73 bits per heavy atom. The summed E-state index contributed by atoms with van der Waals surface area (Å²) >= 11 is 0. The van der Waals surface area contributed by atoms with Crippen LogP contribution in [-0.2, 0) is 38.1 Å². The molecule has 0 rings (SSSR count). The zero-order chi connectivity index (χ0) is 17.3. The van der Waals surface area contributed by atoms with Gasteiger partial charge in [-0.25, -0.2) is 0 Å². The molecular formula is C14H24O8. The summed E-state index contributed by atoms with van der Waals surface area (Å²) in [7, 11) is 2.77. The van der Waals surface area contributed by atoms with Crippen LogP contribution in [0.2, 0.25) is 0 Å². The van der Waals surface area contributed by atoms with Crippen molar-refractivity contribution >= 4 is 17.9 Å². The highest BCUT2D eigenvalue weighted by molar-refractivity contribution is 5.67. The van der Waals surface area contributed by atoms with Gasteiger partial charge in [0.25, 0.3) is 0 Å². The second kappa shape index (κ2) is 10.1. The molecule has 22 heavy (non-hydrogen) atoms. The zero-order valence-corrected chi connectivity index (χ0v) is 13.8. The maximum absolute atomic E-state index is 11.3. The van der Waals surface area contributed by atoms with Crippen LogP contribution in [-0.4, -0.2) is 63.2 Å². The van der Waals surface area contributed by atoms with Gasteiger partial charge in [-0.3, -0.25) is 14.4 Å². The lowest BCUT2D eigenvalue weighted by molar-refractivity contribution is -0.188. The van der Waals surface area contributed by atoms with Crippen molar-refractivity contribution in [3.05, 3.63) is 0 Å². The fraction of sp³-hybridized carbons (Fsp3) is 0.786. The largest absolute Gasteiger partial charge is 0.463 e. The molecule has 0 saturated carbocycles. The van der Waals surface area contributed by atoms with Gasteiger partial charge in [0.1, 0.15) is 24.9 Å². The van der Waals surface area contributed by atoms with Gasteiger partial charge in [-0.2, -0.15) is 0 Å². The average Bonchev–Trinajstić information content (AvgIpc) is 2.38. The van der Waals surface area contributed by atoms with Crippen molar-refractivity contribution in [2.45, 2.75) is 52.1 Å². The molecule has 8 nitrogen and oxygen atoms in total. The summed E-state index contributed by atoms with van der Waals surface area (Å²) in [6, 6.07) is 0. The molecule has 0 aromatic rings. The molecule has 0 N–H and O–H groups in total. The van der Waals surface area contributed by atoms with Gasteiger partial charge in [0.05, 0.1) is 0 Å². The van der Waals surface area contributed by atoms with Crippen LogP contribution in [0.4, 0.5) is 0 Å². The number of hydrogen-bond donors (Lipinski definition) is 0. The quantitative estimate of drug-likeness (QED) is 0.446. The Hall–Kier alpha value is -1.67. The number of carbonyl (C=O) groups excluding carboxylic acids is 3. The van der Waals surface area contributed by atoms with Crippen molar-refractivity contribution in [3.63, 3.8) is 0 Å². The summed E-state index contributed by atoms with van der Waals surface area (Å²) in [5.41, 5.74) is 0. The lowest BCUT2D eigenvalue weighted by atomic mass is 10.0. The van der Waals surface area contributed by atoms with Gasteiger partial charge in [0, 0.05) is 35.0 Å². The second-order valence-corrected chi connectivity index (χ2v) is 4.67. The average molecular weight is 320 g/mol. The highest BCUT2D eigenvalue weighted by Gasteiger charge is 2.38. The van der Waals surface area contributed by atoms with Crippen molar-refractivity contribution in [3.8, 4) is 0 Å². The third kappa shape index (κ3) is 7.37. The van der Waals surface area contributed by atoms with E-state index in [4.69, 9.17) is 23.7 Å². The Kier molecular flexibility index (Phi) is 9.35. The number of hydrogen-bond acceptors (Lipinski definition) is 8. The smallest absolute Gasteiger partial charge is 0.303 e. The third-order valence-electron chi connectivity index (χ3n) is 2.83. The molecule has 0 fully saturated rings. The highest BCUT2D eigenvalue weighted by Crippen LogP contribution is 2.18. The molecule has 0 radical (unpaired) electrons. The van der Waals surface area contributed by atoms with E-state index in [0.717, 1.165) is 0 Å². The molecule has 8 heteroatoms. The Labute approximate surface area is 130 Å². The van der Waals surface area contributed by atoms with Crippen LogP contribution >= 0.6 is 0 Å². The maximum atomic E-state index is 11.3. The summed E-state index contributed by atoms with van der Waals surface area (Å²) in [5.74, 6) is -1.55. The third-order valence-corrected chi connectivity index (χ3v) is 2.83. The van der Waals surface area contributed by atoms with Crippen LogP contribution in [0.15, 0.2) is 0 Å². The molecule has 0 aromatic heterocycles. The highest BCUT2D eigenvalue weighted by atomic mass is 16.6. The molecule has 0 bridgehead atoms. The number of esters is 3. The Morgan fingerprint density at radius 1 is 0.818 bits per heavy atom. The minimum Gasteiger partial charge on any atom is -0.463 e. The van der Waals surface area contributed by atoms with Crippen molar-refractivity contribution in [1.29, 1.82) is 0 Å². The SMILES string of the molecule is CO[C@H]([C@H](OC(C)=O)[C@H](COC(C)=O)OC)[C@@H](C)OC(C)=O. The first-order valence-electron chi connectivity index (χ1n) is 6.76. The molecule has 0 heterocycles. The molecule has 0 spiro atoms. The molecule has 0 aromatic carbocycles. The van der Waals surface area contributed by atoms with Gasteiger partial charge in [-0.15, -0.1) is 0 Å². The number of methoxy groups -OCH3 is 2. The minimum absolute atomic E-state index is 0.129. The Balaban J connectivity index is 5.20. The van der Waals surface area contributed by atoms with Crippen LogP contribution < -0.4 is 0 Å². The standard InChI is InChI=1S/C14H24O8/c1-8(21-10(3)16)13(19-6)14(22-11(4)17)12(18-5)7-20-9(2)15/h8,12-14H,7H2,1-6H3/t8-,12+,13+,14-/m1/s1. The first kappa shape index (κ1) is 20.3. The number of rotatable bonds is 9. The van der Waals surface area contributed by atoms with Crippen LogP contribution in [0, 0.1) is 0 Å². The van der Waals surface area contributed by atoms with Gasteiger partial charge in [0.15, 0.2) is 6.10 Å². The van der Waals surface area contributed by atoms with E-state index in [2.05, 4.69) is 0 Å². The molecule has 0 amide bonds. The molecule has 4 atom stereocenters. The summed E-state index contributed by atoms with van der Waals surface area (Å²) in [6.45, 7) is 5.22. The van der Waals surface area contributed by atoms with Gasteiger partial charge in [-0.05, 0) is 6.92 Å². The van der Waals surface area contributed by atoms with E-state index in [-0.39, 0.29) is 6.61 Å². The van der Waals surface area contributed by atoms with E-state index in [9.17, 15) is 14.4 Å². The number of carbonyl (C=O) groups is 3. The molecule has 0 aliphatic carbocycles. The van der Waals surface area contributed by atoms with Crippen molar-refractivity contribution in [2.75, 3.05) is 20.8 Å². The normalized spacial score (nSPS) is 16.1. The Bertz CT molecular complexity index is 381. The first-order chi connectivity index (χ1) is 10.2. The second-order valence-electron chi connectivity index (χ2n) is 4.67. The van der Waals surface area contributed by atoms with Gasteiger partial charge >= 0.3 is 17.9 Å². The van der Waals surface area contributed by atoms with Crippen LogP contribution in [0.3, 0.4) is 0 Å². The summed E-state index contributed by atoms with van der Waals surface area (Å²) < 4.78 is 25.7. The lowest BCUT2D eigenvalue weighted by Crippen LogP contribution is -2.50.